The summed E-state index contributed by atoms with van der Waals surface area (Å²) in [5, 5.41) is 13.5. The van der Waals surface area contributed by atoms with Crippen LogP contribution in [0.15, 0.2) is 72.8 Å². The third-order valence-corrected chi connectivity index (χ3v) is 13.5. The van der Waals surface area contributed by atoms with Crippen LogP contribution in [0.5, 0.6) is 0 Å². The zero-order valence-corrected chi connectivity index (χ0v) is 23.5. The van der Waals surface area contributed by atoms with Crippen molar-refractivity contribution in [3.05, 3.63) is 72.8 Å². The van der Waals surface area contributed by atoms with Crippen LogP contribution in [0, 0.1) is 17.8 Å². The fourth-order valence-corrected chi connectivity index (χ4v) is 11.5. The molecule has 0 saturated heterocycles. The highest BCUT2D eigenvalue weighted by molar-refractivity contribution is 6.99. The van der Waals surface area contributed by atoms with Gasteiger partial charge in [-0.25, -0.2) is 0 Å². The van der Waals surface area contributed by atoms with Crippen molar-refractivity contribution < 1.29 is 14.3 Å². The lowest BCUT2D eigenvalue weighted by atomic mass is 9.87. The number of benzene rings is 2. The molecule has 3 nitrogen and oxygen atoms in total. The summed E-state index contributed by atoms with van der Waals surface area (Å²) in [7, 11) is -2.62. The molecule has 1 N–H and O–H groups in total. The van der Waals surface area contributed by atoms with Gasteiger partial charge in [-0.1, -0.05) is 113 Å². The molecule has 36 heavy (non-hydrogen) atoms. The summed E-state index contributed by atoms with van der Waals surface area (Å²) >= 11 is 0. The lowest BCUT2D eigenvalue weighted by molar-refractivity contribution is -0.124. The Bertz CT molecular complexity index is 971. The van der Waals surface area contributed by atoms with Gasteiger partial charge < -0.3 is 9.53 Å². The van der Waals surface area contributed by atoms with E-state index in [9.17, 15) is 9.90 Å². The molecule has 2 fully saturated rings. The van der Waals surface area contributed by atoms with E-state index in [0.29, 0.717) is 12.3 Å². The number of hydrogen-bond acceptors (Lipinski definition) is 3. The number of unbranched alkanes of at least 4 members (excludes halogenated alkanes) is 3. The zero-order valence-electron chi connectivity index (χ0n) is 22.5. The molecule has 0 aromatic heterocycles. The molecular formula is C32H44O3Si. The largest absolute Gasteiger partial charge is 0.404 e. The average Bonchev–Trinajstić information content (AvgIpc) is 3.38. The number of carbonyl (C=O) groups is 1. The molecule has 0 bridgehead atoms. The van der Waals surface area contributed by atoms with Gasteiger partial charge in [-0.05, 0) is 52.9 Å². The Labute approximate surface area is 219 Å². The zero-order chi connectivity index (χ0) is 25.8. The second-order valence-electron chi connectivity index (χ2n) is 11.9. The Kier molecular flexibility index (Phi) is 8.70. The molecule has 194 valence electrons. The fourth-order valence-electron chi connectivity index (χ4n) is 6.76. The van der Waals surface area contributed by atoms with Crippen molar-refractivity contribution in [1.29, 1.82) is 0 Å². The molecular weight excluding hydrogens is 460 g/mol. The Morgan fingerprint density at radius 2 is 1.61 bits per heavy atom. The molecule has 0 heterocycles. The van der Waals surface area contributed by atoms with Crippen LogP contribution in [-0.2, 0) is 9.22 Å². The minimum atomic E-state index is -2.62. The molecule has 0 radical (unpaired) electrons. The number of carbonyl (C=O) groups excluding carboxylic acids is 1. The highest BCUT2D eigenvalue weighted by Crippen LogP contribution is 2.50. The molecule has 2 saturated carbocycles. The molecule has 4 rings (SSSR count). The van der Waals surface area contributed by atoms with E-state index in [1.165, 1.54) is 23.2 Å². The van der Waals surface area contributed by atoms with E-state index in [-0.39, 0.29) is 28.8 Å². The van der Waals surface area contributed by atoms with Crippen molar-refractivity contribution in [3.63, 3.8) is 0 Å². The summed E-state index contributed by atoms with van der Waals surface area (Å²) in [5.41, 5.74) is 0. The first-order valence-corrected chi connectivity index (χ1v) is 15.8. The van der Waals surface area contributed by atoms with E-state index < -0.39 is 14.4 Å². The number of allylic oxidation sites excluding steroid dienone is 1. The number of ketones is 1. The molecule has 0 aliphatic heterocycles. The molecule has 2 aromatic carbocycles. The van der Waals surface area contributed by atoms with Crippen LogP contribution in [-0.4, -0.2) is 31.4 Å². The summed E-state index contributed by atoms with van der Waals surface area (Å²) in [6.45, 7) is 9.14. The highest BCUT2D eigenvalue weighted by Gasteiger charge is 2.55. The predicted molar refractivity (Wildman–Crippen MR) is 151 cm³/mol. The monoisotopic (exact) mass is 504 g/mol. The molecule has 0 unspecified atom stereocenters. The quantitative estimate of drug-likeness (QED) is 0.244. The van der Waals surface area contributed by atoms with E-state index in [1.807, 2.05) is 6.08 Å². The second-order valence-corrected chi connectivity index (χ2v) is 16.2. The van der Waals surface area contributed by atoms with Gasteiger partial charge in [0.25, 0.3) is 8.32 Å². The van der Waals surface area contributed by atoms with Gasteiger partial charge in [-0.2, -0.15) is 0 Å². The van der Waals surface area contributed by atoms with E-state index in [2.05, 4.69) is 94.4 Å². The first-order valence-electron chi connectivity index (χ1n) is 13.9. The van der Waals surface area contributed by atoms with Gasteiger partial charge in [0.05, 0.1) is 12.0 Å². The first kappa shape index (κ1) is 27.0. The molecule has 0 amide bonds. The highest BCUT2D eigenvalue weighted by atomic mass is 28.4. The second kappa shape index (κ2) is 11.6. The van der Waals surface area contributed by atoms with Gasteiger partial charge in [0.2, 0.25) is 0 Å². The summed E-state index contributed by atoms with van der Waals surface area (Å²) in [6.07, 6.45) is 10.2. The maximum absolute atomic E-state index is 12.9. The Morgan fingerprint density at radius 3 is 2.17 bits per heavy atom. The third kappa shape index (κ3) is 5.46. The number of aliphatic hydroxyl groups is 1. The van der Waals surface area contributed by atoms with Crippen molar-refractivity contribution in [2.24, 2.45) is 17.8 Å². The summed E-state index contributed by atoms with van der Waals surface area (Å²) in [4.78, 5) is 12.9. The van der Waals surface area contributed by atoms with Crippen molar-refractivity contribution in [2.75, 3.05) is 0 Å². The SMILES string of the molecule is CCCCC/C=C/[C@H](O)[C@H]1C(=O)C[C@@H]2C[C@H](O[Si](c3ccccc3)(c3ccccc3)C(C)(C)C)C[C@@H]21. The average molecular weight is 505 g/mol. The van der Waals surface area contributed by atoms with Crippen LogP contribution in [0.4, 0.5) is 0 Å². The third-order valence-electron chi connectivity index (χ3n) is 8.44. The Morgan fingerprint density at radius 1 is 1.00 bits per heavy atom. The van der Waals surface area contributed by atoms with Gasteiger partial charge in [0.1, 0.15) is 5.78 Å². The van der Waals surface area contributed by atoms with Crippen molar-refractivity contribution in [1.82, 2.24) is 0 Å². The van der Waals surface area contributed by atoms with E-state index in [4.69, 9.17) is 4.43 Å². The van der Waals surface area contributed by atoms with E-state index in [0.717, 1.165) is 25.7 Å². The minimum Gasteiger partial charge on any atom is -0.404 e. The predicted octanol–water partition coefficient (Wildman–Crippen LogP) is 6.04. The van der Waals surface area contributed by atoms with Gasteiger partial charge >= 0.3 is 0 Å². The normalized spacial score (nSPS) is 25.4. The summed E-state index contributed by atoms with van der Waals surface area (Å²) < 4.78 is 7.39. The molecule has 2 aromatic rings. The van der Waals surface area contributed by atoms with Crippen molar-refractivity contribution in [3.8, 4) is 0 Å². The van der Waals surface area contributed by atoms with Crippen LogP contribution < -0.4 is 10.4 Å². The number of fused-ring (bicyclic) bond motifs is 1. The molecule has 2 aliphatic carbocycles. The van der Waals surface area contributed by atoms with Gasteiger partial charge in [-0.15, -0.1) is 0 Å². The lowest BCUT2D eigenvalue weighted by Crippen LogP contribution is -2.67. The molecule has 5 atom stereocenters. The standard InChI is InChI=1S/C32H44O3Si/c1-5-6-7-8-15-20-29(33)31-28-23-25(21-24(28)22-30(31)34)35-36(32(2,3)4,26-16-11-9-12-17-26)27-18-13-10-14-19-27/h9-20,24-25,28-29,31,33H,5-8,21-23H2,1-4H3/b20-15+/t24-,25-,28-,29-,31-/m0/s1. The van der Waals surface area contributed by atoms with Gasteiger partial charge in [-0.3, -0.25) is 4.79 Å². The fraction of sp³-hybridized carbons (Fsp3) is 0.531. The molecule has 0 spiro atoms. The maximum Gasteiger partial charge on any atom is 0.261 e. The smallest absolute Gasteiger partial charge is 0.261 e. The maximum atomic E-state index is 12.9. The van der Waals surface area contributed by atoms with E-state index in [1.54, 1.807) is 0 Å². The Hall–Kier alpha value is -2.01. The number of aliphatic hydroxyl groups excluding tert-OH is 1. The summed E-state index contributed by atoms with van der Waals surface area (Å²) in [5.74, 6) is 0.467. The lowest BCUT2D eigenvalue weighted by Gasteiger charge is -2.45. The number of Topliss-reactive ketones (excluding diaryl/α,β-unsaturated/α-hetero) is 1. The van der Waals surface area contributed by atoms with Gasteiger partial charge in [0, 0.05) is 12.5 Å². The topological polar surface area (TPSA) is 46.5 Å². The van der Waals surface area contributed by atoms with Crippen LogP contribution in [0.3, 0.4) is 0 Å². The first-order chi connectivity index (χ1) is 17.3. The van der Waals surface area contributed by atoms with Crippen LogP contribution in [0.1, 0.15) is 72.6 Å². The van der Waals surface area contributed by atoms with Crippen LogP contribution in [0.25, 0.3) is 0 Å². The van der Waals surface area contributed by atoms with Gasteiger partial charge in [0.15, 0.2) is 0 Å². The van der Waals surface area contributed by atoms with Crippen molar-refractivity contribution in [2.45, 2.75) is 89.9 Å². The van der Waals surface area contributed by atoms with E-state index >= 15 is 0 Å². The number of rotatable bonds is 10. The van der Waals surface area contributed by atoms with Crippen molar-refractivity contribution >= 4 is 24.5 Å². The summed E-state index contributed by atoms with van der Waals surface area (Å²) in [6, 6.07) is 21.6. The Balaban J connectivity index is 1.58. The minimum absolute atomic E-state index is 0.0661. The van der Waals surface area contributed by atoms with Crippen LogP contribution in [0.2, 0.25) is 5.04 Å². The molecule has 2 aliphatic rings. The van der Waals surface area contributed by atoms with Crippen LogP contribution >= 0.6 is 0 Å². The molecule has 4 heteroatoms. The number of hydrogen-bond donors (Lipinski definition) is 1.